The maximum Gasteiger partial charge on any atom is 0.296 e. The second-order valence-corrected chi connectivity index (χ2v) is 4.24. The zero-order valence-corrected chi connectivity index (χ0v) is 11.1. The molecule has 1 aromatic heterocycles. The van der Waals surface area contributed by atoms with Crippen molar-refractivity contribution in [2.24, 2.45) is 0 Å². The van der Waals surface area contributed by atoms with E-state index in [-0.39, 0.29) is 5.69 Å². The number of rotatable bonds is 6. The summed E-state index contributed by atoms with van der Waals surface area (Å²) in [5.41, 5.74) is 2.30. The fourth-order valence-corrected chi connectivity index (χ4v) is 1.63. The Morgan fingerprint density at radius 3 is 2.80 bits per heavy atom. The van der Waals surface area contributed by atoms with E-state index in [0.717, 1.165) is 24.2 Å². The Morgan fingerprint density at radius 2 is 2.15 bits per heavy atom. The third-order valence-corrected chi connectivity index (χ3v) is 2.75. The van der Waals surface area contributed by atoms with Gasteiger partial charge in [-0.3, -0.25) is 10.0 Å². The highest BCUT2D eigenvalue weighted by molar-refractivity contribution is 5.92. The van der Waals surface area contributed by atoms with Gasteiger partial charge in [0.25, 0.3) is 5.91 Å². The summed E-state index contributed by atoms with van der Waals surface area (Å²) < 4.78 is 10.6. The summed E-state index contributed by atoms with van der Waals surface area (Å²) >= 11 is 0. The molecule has 0 aliphatic carbocycles. The Balaban J connectivity index is 2.06. The lowest BCUT2D eigenvalue weighted by molar-refractivity contribution is 0.0696. The largest absolute Gasteiger partial charge is 0.494 e. The molecule has 0 radical (unpaired) electrons. The first kappa shape index (κ1) is 14.1. The highest BCUT2D eigenvalue weighted by atomic mass is 16.5. The minimum Gasteiger partial charge on any atom is -0.494 e. The van der Waals surface area contributed by atoms with Crippen LogP contribution in [0.4, 0.5) is 0 Å². The standard InChI is InChI=1S/C14H16N2O4/c1-2-3-8-19-11-6-4-10(5-7-11)13-9-12(16-20-13)14(17)15-18/h4-7,9,18H,2-3,8H2,1H3,(H,15,17). The molecule has 1 heterocycles. The molecule has 0 bridgehead atoms. The van der Waals surface area contributed by atoms with Crippen molar-refractivity contribution in [3.05, 3.63) is 36.0 Å². The Labute approximate surface area is 116 Å². The van der Waals surface area contributed by atoms with E-state index in [1.807, 2.05) is 24.3 Å². The molecule has 6 nitrogen and oxygen atoms in total. The number of ether oxygens (including phenoxy) is 1. The van der Waals surface area contributed by atoms with Crippen LogP contribution in [-0.2, 0) is 0 Å². The summed E-state index contributed by atoms with van der Waals surface area (Å²) in [6.07, 6.45) is 2.11. The molecule has 1 amide bonds. The summed E-state index contributed by atoms with van der Waals surface area (Å²) in [6.45, 7) is 2.80. The monoisotopic (exact) mass is 276 g/mol. The van der Waals surface area contributed by atoms with Crippen molar-refractivity contribution in [2.45, 2.75) is 19.8 Å². The average Bonchev–Trinajstić information content (AvgIpc) is 2.97. The number of nitrogens with one attached hydrogen (secondary N) is 1. The smallest absolute Gasteiger partial charge is 0.296 e. The van der Waals surface area contributed by atoms with Crippen LogP contribution in [-0.4, -0.2) is 22.9 Å². The third-order valence-electron chi connectivity index (χ3n) is 2.75. The molecule has 6 heteroatoms. The molecule has 0 fully saturated rings. The Morgan fingerprint density at radius 1 is 1.40 bits per heavy atom. The molecule has 0 saturated heterocycles. The van der Waals surface area contributed by atoms with E-state index in [4.69, 9.17) is 14.5 Å². The maximum absolute atomic E-state index is 11.2. The second kappa shape index (κ2) is 6.72. The quantitative estimate of drug-likeness (QED) is 0.481. The molecule has 0 saturated carbocycles. The van der Waals surface area contributed by atoms with Gasteiger partial charge in [0.15, 0.2) is 11.5 Å². The number of hydrogen-bond donors (Lipinski definition) is 2. The van der Waals surface area contributed by atoms with Crippen LogP contribution in [0.1, 0.15) is 30.3 Å². The molecule has 0 aliphatic rings. The number of carbonyl (C=O) groups excluding carboxylic acids is 1. The molecule has 0 spiro atoms. The van der Waals surface area contributed by atoms with Gasteiger partial charge in [-0.05, 0) is 30.7 Å². The van der Waals surface area contributed by atoms with Crippen molar-refractivity contribution < 1.29 is 19.3 Å². The van der Waals surface area contributed by atoms with Crippen LogP contribution in [0.3, 0.4) is 0 Å². The van der Waals surface area contributed by atoms with Gasteiger partial charge in [-0.15, -0.1) is 0 Å². The molecule has 0 aliphatic heterocycles. The van der Waals surface area contributed by atoms with Gasteiger partial charge in [0.1, 0.15) is 5.75 Å². The van der Waals surface area contributed by atoms with Gasteiger partial charge >= 0.3 is 0 Å². The number of benzene rings is 1. The van der Waals surface area contributed by atoms with Crippen molar-refractivity contribution in [1.82, 2.24) is 10.6 Å². The summed E-state index contributed by atoms with van der Waals surface area (Å²) in [7, 11) is 0. The van der Waals surface area contributed by atoms with Crippen LogP contribution in [0, 0.1) is 0 Å². The number of carbonyl (C=O) groups is 1. The molecule has 0 unspecified atom stereocenters. The van der Waals surface area contributed by atoms with Crippen LogP contribution in [0.5, 0.6) is 5.75 Å². The lowest BCUT2D eigenvalue weighted by atomic mass is 10.1. The lowest BCUT2D eigenvalue weighted by Gasteiger charge is -2.05. The predicted molar refractivity (Wildman–Crippen MR) is 71.6 cm³/mol. The number of aromatic nitrogens is 1. The molecule has 2 rings (SSSR count). The number of amides is 1. The lowest BCUT2D eigenvalue weighted by Crippen LogP contribution is -2.18. The van der Waals surface area contributed by atoms with Crippen molar-refractivity contribution >= 4 is 5.91 Å². The highest BCUT2D eigenvalue weighted by Crippen LogP contribution is 2.23. The molecule has 106 valence electrons. The molecule has 2 N–H and O–H groups in total. The first-order valence-corrected chi connectivity index (χ1v) is 6.39. The van der Waals surface area contributed by atoms with Gasteiger partial charge in [0.2, 0.25) is 0 Å². The van der Waals surface area contributed by atoms with Gasteiger partial charge in [0, 0.05) is 11.6 Å². The SMILES string of the molecule is CCCCOc1ccc(-c2cc(C(=O)NO)no2)cc1. The highest BCUT2D eigenvalue weighted by Gasteiger charge is 2.12. The molecule has 2 aromatic rings. The summed E-state index contributed by atoms with van der Waals surface area (Å²) in [6, 6.07) is 8.77. The van der Waals surface area contributed by atoms with Gasteiger partial charge in [0.05, 0.1) is 6.61 Å². The van der Waals surface area contributed by atoms with E-state index in [2.05, 4.69) is 12.1 Å². The molecular weight excluding hydrogens is 260 g/mol. The van der Waals surface area contributed by atoms with Gasteiger partial charge in [-0.25, -0.2) is 5.48 Å². The molecule has 0 atom stereocenters. The Bertz CT molecular complexity index is 563. The maximum atomic E-state index is 11.2. The summed E-state index contributed by atoms with van der Waals surface area (Å²) in [5.74, 6) is 0.526. The number of unbranched alkanes of at least 4 members (excludes halogenated alkanes) is 1. The first-order valence-electron chi connectivity index (χ1n) is 6.39. The van der Waals surface area contributed by atoms with Crippen LogP contribution in [0.15, 0.2) is 34.9 Å². The van der Waals surface area contributed by atoms with E-state index in [9.17, 15) is 4.79 Å². The van der Waals surface area contributed by atoms with Gasteiger partial charge in [-0.1, -0.05) is 18.5 Å². The van der Waals surface area contributed by atoms with Crippen molar-refractivity contribution in [3.8, 4) is 17.1 Å². The number of hydrogen-bond acceptors (Lipinski definition) is 5. The van der Waals surface area contributed by atoms with E-state index >= 15 is 0 Å². The third kappa shape index (κ3) is 3.36. The van der Waals surface area contributed by atoms with Crippen molar-refractivity contribution in [3.63, 3.8) is 0 Å². The zero-order chi connectivity index (χ0) is 14.4. The predicted octanol–water partition coefficient (Wildman–Crippen LogP) is 2.64. The van der Waals surface area contributed by atoms with Gasteiger partial charge < -0.3 is 9.26 Å². The van der Waals surface area contributed by atoms with Crippen molar-refractivity contribution in [1.29, 1.82) is 0 Å². The van der Waals surface area contributed by atoms with Crippen LogP contribution in [0.2, 0.25) is 0 Å². The summed E-state index contributed by atoms with van der Waals surface area (Å²) in [4.78, 5) is 11.2. The number of hydroxylamine groups is 1. The number of nitrogens with zero attached hydrogens (tertiary/aromatic N) is 1. The van der Waals surface area contributed by atoms with E-state index < -0.39 is 5.91 Å². The van der Waals surface area contributed by atoms with Gasteiger partial charge in [-0.2, -0.15) is 0 Å². The summed E-state index contributed by atoms with van der Waals surface area (Å²) in [5, 5.41) is 12.1. The van der Waals surface area contributed by atoms with E-state index in [1.165, 1.54) is 11.5 Å². The van der Waals surface area contributed by atoms with Crippen LogP contribution in [0.25, 0.3) is 11.3 Å². The van der Waals surface area contributed by atoms with E-state index in [1.54, 1.807) is 0 Å². The Hall–Kier alpha value is -2.34. The Kier molecular flexibility index (Phi) is 4.73. The normalized spacial score (nSPS) is 10.3. The average molecular weight is 276 g/mol. The van der Waals surface area contributed by atoms with Crippen LogP contribution < -0.4 is 10.2 Å². The molecule has 1 aromatic carbocycles. The van der Waals surface area contributed by atoms with Crippen molar-refractivity contribution in [2.75, 3.05) is 6.61 Å². The topological polar surface area (TPSA) is 84.6 Å². The molecule has 20 heavy (non-hydrogen) atoms. The zero-order valence-electron chi connectivity index (χ0n) is 11.1. The minimum absolute atomic E-state index is 0.0192. The second-order valence-electron chi connectivity index (χ2n) is 4.24. The minimum atomic E-state index is -0.709. The van der Waals surface area contributed by atoms with E-state index in [0.29, 0.717) is 12.4 Å². The fourth-order valence-electron chi connectivity index (χ4n) is 1.63. The fraction of sp³-hybridized carbons (Fsp3) is 0.286. The molecular formula is C14H16N2O4. The van der Waals surface area contributed by atoms with Crippen LogP contribution >= 0.6 is 0 Å². The first-order chi connectivity index (χ1) is 9.74.